The van der Waals surface area contributed by atoms with Crippen LogP contribution in [0.15, 0.2) is 29.7 Å². The Kier molecular flexibility index (Phi) is 3.16. The molecule has 0 aliphatic heterocycles. The average molecular weight is 193 g/mol. The molecule has 0 saturated carbocycles. The minimum Gasteiger partial charge on any atom is -0.306 e. The van der Waals surface area contributed by atoms with Gasteiger partial charge >= 0.3 is 0 Å². The summed E-state index contributed by atoms with van der Waals surface area (Å²) in [5, 5.41) is 5.68. The lowest BCUT2D eigenvalue weighted by Crippen LogP contribution is -2.27. The van der Waals surface area contributed by atoms with Crippen LogP contribution in [-0.2, 0) is 6.54 Å². The van der Waals surface area contributed by atoms with Gasteiger partial charge in [-0.3, -0.25) is 0 Å². The van der Waals surface area contributed by atoms with Gasteiger partial charge in [-0.15, -0.1) is 11.3 Å². The third-order valence-electron chi connectivity index (χ3n) is 2.37. The summed E-state index contributed by atoms with van der Waals surface area (Å²) in [4.78, 5) is 1.43. The molecule has 1 aromatic rings. The Morgan fingerprint density at radius 3 is 3.23 bits per heavy atom. The molecule has 0 fully saturated rings. The third kappa shape index (κ3) is 2.68. The molecule has 13 heavy (non-hydrogen) atoms. The quantitative estimate of drug-likeness (QED) is 0.728. The van der Waals surface area contributed by atoms with Crippen LogP contribution in [0.25, 0.3) is 0 Å². The van der Waals surface area contributed by atoms with Crippen molar-refractivity contribution < 1.29 is 0 Å². The van der Waals surface area contributed by atoms with Crippen molar-refractivity contribution >= 4 is 11.3 Å². The van der Waals surface area contributed by atoms with Crippen molar-refractivity contribution in [1.29, 1.82) is 0 Å². The monoisotopic (exact) mass is 193 g/mol. The maximum Gasteiger partial charge on any atom is 0.0305 e. The van der Waals surface area contributed by atoms with Crippen LogP contribution < -0.4 is 5.32 Å². The highest BCUT2D eigenvalue weighted by Gasteiger charge is 2.06. The average Bonchev–Trinajstić information content (AvgIpc) is 2.69. The van der Waals surface area contributed by atoms with E-state index >= 15 is 0 Å². The van der Waals surface area contributed by atoms with Crippen molar-refractivity contribution in [2.75, 3.05) is 0 Å². The Morgan fingerprint density at radius 1 is 1.54 bits per heavy atom. The molecule has 2 rings (SSSR count). The molecule has 1 aromatic heterocycles. The number of rotatable bonds is 3. The fourth-order valence-corrected chi connectivity index (χ4v) is 2.28. The van der Waals surface area contributed by atoms with Gasteiger partial charge in [-0.05, 0) is 30.7 Å². The highest BCUT2D eigenvalue weighted by molar-refractivity contribution is 7.09. The molecule has 1 aliphatic rings. The summed E-state index contributed by atoms with van der Waals surface area (Å²) in [5.74, 6) is 0. The van der Waals surface area contributed by atoms with Gasteiger partial charge in [-0.2, -0.15) is 0 Å². The van der Waals surface area contributed by atoms with Gasteiger partial charge in [-0.1, -0.05) is 18.2 Å². The van der Waals surface area contributed by atoms with Gasteiger partial charge < -0.3 is 5.32 Å². The standard InChI is InChI=1S/C11H15NS/c1-2-5-10(6-3-1)12-9-11-7-4-8-13-11/h2,4-5,7-8,10,12H,1,3,6,9H2. The Balaban J connectivity index is 1.79. The summed E-state index contributed by atoms with van der Waals surface area (Å²) in [7, 11) is 0. The molecule has 1 aliphatic carbocycles. The molecule has 0 amide bonds. The Labute approximate surface area is 83.5 Å². The van der Waals surface area contributed by atoms with Gasteiger partial charge in [-0.25, -0.2) is 0 Å². The minimum atomic E-state index is 0.607. The molecule has 1 atom stereocenters. The predicted molar refractivity (Wildman–Crippen MR) is 57.9 cm³/mol. The minimum absolute atomic E-state index is 0.607. The number of nitrogens with one attached hydrogen (secondary N) is 1. The van der Waals surface area contributed by atoms with Crippen LogP contribution in [0.2, 0.25) is 0 Å². The van der Waals surface area contributed by atoms with Gasteiger partial charge in [0.25, 0.3) is 0 Å². The van der Waals surface area contributed by atoms with Crippen LogP contribution in [0.4, 0.5) is 0 Å². The molecule has 0 saturated heterocycles. The zero-order valence-electron chi connectivity index (χ0n) is 7.70. The van der Waals surface area contributed by atoms with Crippen LogP contribution in [-0.4, -0.2) is 6.04 Å². The molecular formula is C11H15NS. The predicted octanol–water partition coefficient (Wildman–Crippen LogP) is 2.95. The van der Waals surface area contributed by atoms with Gasteiger partial charge in [0.05, 0.1) is 0 Å². The van der Waals surface area contributed by atoms with Crippen molar-refractivity contribution in [3.8, 4) is 0 Å². The Morgan fingerprint density at radius 2 is 2.54 bits per heavy atom. The lowest BCUT2D eigenvalue weighted by atomic mass is 10.0. The van der Waals surface area contributed by atoms with Crippen molar-refractivity contribution in [3.63, 3.8) is 0 Å². The molecule has 1 nitrogen and oxygen atoms in total. The molecule has 0 bridgehead atoms. The van der Waals surface area contributed by atoms with Crippen LogP contribution in [0.5, 0.6) is 0 Å². The third-order valence-corrected chi connectivity index (χ3v) is 3.25. The Hall–Kier alpha value is -0.600. The highest BCUT2D eigenvalue weighted by atomic mass is 32.1. The molecule has 1 N–H and O–H groups in total. The molecule has 70 valence electrons. The van der Waals surface area contributed by atoms with E-state index in [1.54, 1.807) is 0 Å². The number of hydrogen-bond acceptors (Lipinski definition) is 2. The summed E-state index contributed by atoms with van der Waals surface area (Å²) < 4.78 is 0. The smallest absolute Gasteiger partial charge is 0.0305 e. The van der Waals surface area contributed by atoms with E-state index in [4.69, 9.17) is 0 Å². The first kappa shape index (κ1) is 8.97. The van der Waals surface area contributed by atoms with Gasteiger partial charge in [0.1, 0.15) is 0 Å². The fraction of sp³-hybridized carbons (Fsp3) is 0.455. The van der Waals surface area contributed by atoms with Crippen LogP contribution >= 0.6 is 11.3 Å². The molecule has 2 heteroatoms. The van der Waals surface area contributed by atoms with Crippen LogP contribution in [0.1, 0.15) is 24.1 Å². The first-order chi connectivity index (χ1) is 6.45. The van der Waals surface area contributed by atoms with Crippen molar-refractivity contribution in [2.45, 2.75) is 31.8 Å². The van der Waals surface area contributed by atoms with E-state index in [1.165, 1.54) is 24.1 Å². The summed E-state index contributed by atoms with van der Waals surface area (Å²) in [6, 6.07) is 4.90. The largest absolute Gasteiger partial charge is 0.306 e. The zero-order chi connectivity index (χ0) is 8.93. The van der Waals surface area contributed by atoms with E-state index in [-0.39, 0.29) is 0 Å². The number of thiophene rings is 1. The van der Waals surface area contributed by atoms with E-state index in [1.807, 2.05) is 11.3 Å². The second-order valence-corrected chi connectivity index (χ2v) is 4.46. The van der Waals surface area contributed by atoms with Crippen molar-refractivity contribution in [3.05, 3.63) is 34.5 Å². The van der Waals surface area contributed by atoms with Crippen molar-refractivity contribution in [1.82, 2.24) is 5.32 Å². The molecule has 0 aromatic carbocycles. The SMILES string of the molecule is C1=CC(NCc2cccs2)CCC1. The molecule has 1 heterocycles. The highest BCUT2D eigenvalue weighted by Crippen LogP contribution is 2.12. The van der Waals surface area contributed by atoms with E-state index in [9.17, 15) is 0 Å². The molecule has 0 spiro atoms. The fourth-order valence-electron chi connectivity index (χ4n) is 1.63. The molecule has 0 radical (unpaired) electrons. The summed E-state index contributed by atoms with van der Waals surface area (Å²) in [5.41, 5.74) is 0. The lowest BCUT2D eigenvalue weighted by molar-refractivity contribution is 0.525. The van der Waals surface area contributed by atoms with E-state index in [0.717, 1.165) is 6.54 Å². The summed E-state index contributed by atoms with van der Waals surface area (Å²) >= 11 is 1.82. The molecule has 1 unspecified atom stereocenters. The topological polar surface area (TPSA) is 12.0 Å². The number of hydrogen-bond donors (Lipinski definition) is 1. The molecular weight excluding hydrogens is 178 g/mol. The zero-order valence-corrected chi connectivity index (χ0v) is 8.52. The Bertz CT molecular complexity index is 264. The summed E-state index contributed by atoms with van der Waals surface area (Å²) in [6.45, 7) is 1.02. The maximum atomic E-state index is 3.55. The normalized spacial score (nSPS) is 22.0. The van der Waals surface area contributed by atoms with Crippen LogP contribution in [0, 0.1) is 0 Å². The second kappa shape index (κ2) is 4.58. The van der Waals surface area contributed by atoms with Gasteiger partial charge in [0.15, 0.2) is 0 Å². The van der Waals surface area contributed by atoms with Crippen LogP contribution in [0.3, 0.4) is 0 Å². The maximum absolute atomic E-state index is 3.55. The first-order valence-electron chi connectivity index (χ1n) is 4.87. The lowest BCUT2D eigenvalue weighted by Gasteiger charge is -2.17. The van der Waals surface area contributed by atoms with E-state index in [0.29, 0.717) is 6.04 Å². The second-order valence-electron chi connectivity index (χ2n) is 3.43. The van der Waals surface area contributed by atoms with Crippen molar-refractivity contribution in [2.24, 2.45) is 0 Å². The van der Waals surface area contributed by atoms with E-state index in [2.05, 4.69) is 35.0 Å². The van der Waals surface area contributed by atoms with E-state index < -0.39 is 0 Å². The van der Waals surface area contributed by atoms with Gasteiger partial charge in [0.2, 0.25) is 0 Å². The first-order valence-corrected chi connectivity index (χ1v) is 5.75. The van der Waals surface area contributed by atoms with Gasteiger partial charge in [0, 0.05) is 17.5 Å². The number of allylic oxidation sites excluding steroid dienone is 1. The summed E-state index contributed by atoms with van der Waals surface area (Å²) in [6.07, 6.45) is 8.48.